The second-order valence-electron chi connectivity index (χ2n) is 7.89. The molecule has 7 heteroatoms. The molecule has 5 nitrogen and oxygen atoms in total. The van der Waals surface area contributed by atoms with Crippen LogP contribution in [0.3, 0.4) is 0 Å². The minimum atomic E-state index is -0.504. The first-order valence-electron chi connectivity index (χ1n) is 10.5. The van der Waals surface area contributed by atoms with E-state index < -0.39 is 5.82 Å². The molecular weight excluding hydrogens is 410 g/mol. The molecule has 0 aliphatic carbocycles. The van der Waals surface area contributed by atoms with Gasteiger partial charge in [0, 0.05) is 37.4 Å². The van der Waals surface area contributed by atoms with Gasteiger partial charge in [-0.1, -0.05) is 18.2 Å². The van der Waals surface area contributed by atoms with Crippen molar-refractivity contribution in [2.24, 2.45) is 0 Å². The van der Waals surface area contributed by atoms with E-state index in [1.54, 1.807) is 36.4 Å². The van der Waals surface area contributed by atoms with Gasteiger partial charge >= 0.3 is 0 Å². The molecule has 0 saturated carbocycles. The molecule has 1 aliphatic heterocycles. The fourth-order valence-corrected chi connectivity index (χ4v) is 3.87. The van der Waals surface area contributed by atoms with Gasteiger partial charge in [-0.25, -0.2) is 8.78 Å². The number of pyridine rings is 1. The highest BCUT2D eigenvalue weighted by Gasteiger charge is 2.21. The van der Waals surface area contributed by atoms with Crippen molar-refractivity contribution < 1.29 is 13.6 Å². The van der Waals surface area contributed by atoms with Gasteiger partial charge in [-0.15, -0.1) is 0 Å². The summed E-state index contributed by atoms with van der Waals surface area (Å²) in [6.45, 7) is 2.23. The second-order valence-corrected chi connectivity index (χ2v) is 7.89. The maximum absolute atomic E-state index is 13.5. The smallest absolute Gasteiger partial charge is 0.253 e. The Kier molecular flexibility index (Phi) is 6.52. The van der Waals surface area contributed by atoms with Gasteiger partial charge in [0.15, 0.2) is 0 Å². The highest BCUT2D eigenvalue weighted by molar-refractivity contribution is 5.94. The molecule has 3 aromatic rings. The van der Waals surface area contributed by atoms with Crippen LogP contribution in [0.5, 0.6) is 0 Å². The van der Waals surface area contributed by atoms with Gasteiger partial charge in [0.2, 0.25) is 0 Å². The van der Waals surface area contributed by atoms with Gasteiger partial charge in [0.1, 0.15) is 17.7 Å². The Labute approximate surface area is 185 Å². The summed E-state index contributed by atoms with van der Waals surface area (Å²) in [7, 11) is 0. The molecule has 0 spiro atoms. The third kappa shape index (κ3) is 5.16. The van der Waals surface area contributed by atoms with Crippen molar-refractivity contribution in [2.45, 2.75) is 25.4 Å². The van der Waals surface area contributed by atoms with Gasteiger partial charge in [0.25, 0.3) is 5.91 Å². The summed E-state index contributed by atoms with van der Waals surface area (Å²) in [6.07, 6.45) is 3.10. The standard InChI is InChI=1S/C25H22F2N4O/c26-21-3-1-2-18(13-21)24-7-5-19(15-29-24)25(32)30-22-8-10-31(11-9-22)16-17-4-6-23(27)20(12-17)14-28/h1-7,12-13,15,22H,8-11,16H2,(H,30,32). The predicted octanol–water partition coefficient (Wildman–Crippen LogP) is 4.29. The van der Waals surface area contributed by atoms with E-state index >= 15 is 0 Å². The molecule has 1 aliphatic rings. The first-order chi connectivity index (χ1) is 15.5. The number of carbonyl (C=O) groups excluding carboxylic acids is 1. The lowest BCUT2D eigenvalue weighted by Gasteiger charge is -2.32. The number of hydrogen-bond acceptors (Lipinski definition) is 4. The van der Waals surface area contributed by atoms with E-state index in [0.29, 0.717) is 23.4 Å². The summed E-state index contributed by atoms with van der Waals surface area (Å²) in [6, 6.07) is 16.1. The van der Waals surface area contributed by atoms with Crippen LogP contribution in [0.2, 0.25) is 0 Å². The number of rotatable bonds is 5. The summed E-state index contributed by atoms with van der Waals surface area (Å²) in [5.41, 5.74) is 2.68. The van der Waals surface area contributed by atoms with Crippen molar-refractivity contribution in [3.05, 3.63) is 89.1 Å². The van der Waals surface area contributed by atoms with Crippen LogP contribution >= 0.6 is 0 Å². The van der Waals surface area contributed by atoms with Crippen LogP contribution < -0.4 is 5.32 Å². The summed E-state index contributed by atoms with van der Waals surface area (Å²) in [4.78, 5) is 19.1. The first-order valence-corrected chi connectivity index (χ1v) is 10.5. The molecule has 0 atom stereocenters. The van der Waals surface area contributed by atoms with Crippen molar-refractivity contribution in [1.82, 2.24) is 15.2 Å². The van der Waals surface area contributed by atoms with Crippen molar-refractivity contribution in [3.63, 3.8) is 0 Å². The molecule has 0 unspecified atom stereocenters. The number of nitrogens with one attached hydrogen (secondary N) is 1. The van der Waals surface area contributed by atoms with Crippen LogP contribution in [0.4, 0.5) is 8.78 Å². The Bertz CT molecular complexity index is 1150. The molecule has 2 aromatic carbocycles. The van der Waals surface area contributed by atoms with Crippen molar-refractivity contribution in [1.29, 1.82) is 5.26 Å². The number of benzene rings is 2. The van der Waals surface area contributed by atoms with Crippen molar-refractivity contribution >= 4 is 5.91 Å². The molecule has 4 rings (SSSR count). The number of likely N-dealkylation sites (tertiary alicyclic amines) is 1. The Hall–Kier alpha value is -3.63. The quantitative estimate of drug-likeness (QED) is 0.653. The minimum absolute atomic E-state index is 0.0571. The Morgan fingerprint density at radius 3 is 2.62 bits per heavy atom. The maximum Gasteiger partial charge on any atom is 0.253 e. The average molecular weight is 432 g/mol. The highest BCUT2D eigenvalue weighted by atomic mass is 19.1. The lowest BCUT2D eigenvalue weighted by atomic mass is 10.0. The molecule has 0 radical (unpaired) electrons. The lowest BCUT2D eigenvalue weighted by molar-refractivity contribution is 0.0908. The number of hydrogen-bond donors (Lipinski definition) is 1. The van der Waals surface area contributed by atoms with E-state index in [2.05, 4.69) is 15.2 Å². The molecule has 1 amide bonds. The molecule has 1 fully saturated rings. The minimum Gasteiger partial charge on any atom is -0.349 e. The maximum atomic E-state index is 13.5. The molecule has 1 aromatic heterocycles. The molecule has 32 heavy (non-hydrogen) atoms. The number of carbonyl (C=O) groups is 1. The zero-order chi connectivity index (χ0) is 22.5. The van der Waals surface area contributed by atoms with Crippen molar-refractivity contribution in [3.8, 4) is 17.3 Å². The number of piperidine rings is 1. The van der Waals surface area contributed by atoms with Gasteiger partial charge in [-0.2, -0.15) is 5.26 Å². The van der Waals surface area contributed by atoms with Crippen LogP contribution in [0.25, 0.3) is 11.3 Å². The zero-order valence-electron chi connectivity index (χ0n) is 17.4. The lowest BCUT2D eigenvalue weighted by Crippen LogP contribution is -2.44. The van der Waals surface area contributed by atoms with E-state index in [-0.39, 0.29) is 23.3 Å². The molecule has 0 bridgehead atoms. The van der Waals surface area contributed by atoms with Gasteiger partial charge in [-0.05, 0) is 54.8 Å². The molecular formula is C25H22F2N4O. The number of nitrogens with zero attached hydrogens (tertiary/aromatic N) is 3. The molecule has 1 saturated heterocycles. The fourth-order valence-electron chi connectivity index (χ4n) is 3.87. The molecule has 1 N–H and O–H groups in total. The molecule has 162 valence electrons. The summed E-state index contributed by atoms with van der Waals surface area (Å²) < 4.78 is 26.9. The van der Waals surface area contributed by atoms with E-state index in [1.165, 1.54) is 24.4 Å². The van der Waals surface area contributed by atoms with E-state index in [1.807, 2.05) is 6.07 Å². The normalized spacial score (nSPS) is 14.7. The topological polar surface area (TPSA) is 69.0 Å². The third-order valence-corrected chi connectivity index (χ3v) is 5.63. The Morgan fingerprint density at radius 2 is 1.94 bits per heavy atom. The van der Waals surface area contributed by atoms with Crippen LogP contribution in [0, 0.1) is 23.0 Å². The van der Waals surface area contributed by atoms with Gasteiger partial charge in [-0.3, -0.25) is 14.7 Å². The van der Waals surface area contributed by atoms with E-state index in [9.17, 15) is 13.6 Å². The fraction of sp³-hybridized carbons (Fsp3) is 0.240. The SMILES string of the molecule is N#Cc1cc(CN2CCC(NC(=O)c3ccc(-c4cccc(F)c4)nc3)CC2)ccc1F. The second kappa shape index (κ2) is 9.67. The summed E-state index contributed by atoms with van der Waals surface area (Å²) >= 11 is 0. The largest absolute Gasteiger partial charge is 0.349 e. The molecule has 2 heterocycles. The van der Waals surface area contributed by atoms with Gasteiger partial charge < -0.3 is 5.32 Å². The number of nitriles is 1. The highest BCUT2D eigenvalue weighted by Crippen LogP contribution is 2.19. The van der Waals surface area contributed by atoms with Crippen LogP contribution in [-0.4, -0.2) is 34.9 Å². The number of aromatic nitrogens is 1. The van der Waals surface area contributed by atoms with E-state index in [4.69, 9.17) is 5.26 Å². The zero-order valence-corrected chi connectivity index (χ0v) is 17.4. The predicted molar refractivity (Wildman–Crippen MR) is 117 cm³/mol. The van der Waals surface area contributed by atoms with E-state index in [0.717, 1.165) is 31.5 Å². The van der Waals surface area contributed by atoms with Crippen LogP contribution in [0.15, 0.2) is 60.8 Å². The average Bonchev–Trinajstić information content (AvgIpc) is 2.81. The Morgan fingerprint density at radius 1 is 1.12 bits per heavy atom. The first kappa shape index (κ1) is 21.6. The monoisotopic (exact) mass is 432 g/mol. The van der Waals surface area contributed by atoms with Crippen molar-refractivity contribution in [2.75, 3.05) is 13.1 Å². The number of halogens is 2. The van der Waals surface area contributed by atoms with Crippen LogP contribution in [-0.2, 0) is 6.54 Å². The summed E-state index contributed by atoms with van der Waals surface area (Å²) in [5, 5.41) is 12.0. The third-order valence-electron chi connectivity index (χ3n) is 5.63. The Balaban J connectivity index is 1.29. The van der Waals surface area contributed by atoms with Crippen LogP contribution in [0.1, 0.15) is 34.3 Å². The number of amides is 1. The van der Waals surface area contributed by atoms with Gasteiger partial charge in [0.05, 0.1) is 16.8 Å². The summed E-state index contributed by atoms with van der Waals surface area (Å²) in [5.74, 6) is -1.02.